The van der Waals surface area contributed by atoms with Crippen LogP contribution in [0.1, 0.15) is 18.2 Å². The molecule has 0 atom stereocenters. The van der Waals surface area contributed by atoms with Crippen molar-refractivity contribution in [1.29, 1.82) is 0 Å². The summed E-state index contributed by atoms with van der Waals surface area (Å²) in [5.74, 6) is 1.56. The summed E-state index contributed by atoms with van der Waals surface area (Å²) in [6, 6.07) is 16.6. The quantitative estimate of drug-likeness (QED) is 0.575. The Bertz CT molecular complexity index is 1090. The smallest absolute Gasteiger partial charge is 0.254 e. The Morgan fingerprint density at radius 2 is 1.77 bits per heavy atom. The molecule has 7 heteroatoms. The Balaban J connectivity index is 1.70. The molecule has 1 aromatic heterocycles. The van der Waals surface area contributed by atoms with Gasteiger partial charge in [0.05, 0.1) is 14.2 Å². The maximum absolute atomic E-state index is 12.7. The Kier molecular flexibility index (Phi) is 7.43. The summed E-state index contributed by atoms with van der Waals surface area (Å²) in [7, 11) is 3.18. The molecule has 0 bridgehead atoms. The van der Waals surface area contributed by atoms with E-state index in [1.54, 1.807) is 14.2 Å². The molecule has 3 rings (SSSR count). The summed E-state index contributed by atoms with van der Waals surface area (Å²) in [5.41, 5.74) is 2.27. The van der Waals surface area contributed by atoms with E-state index in [-0.39, 0.29) is 18.0 Å². The molecule has 1 amide bonds. The largest absolute Gasteiger partial charge is 0.493 e. The Morgan fingerprint density at radius 1 is 1.03 bits per heavy atom. The molecular weight excluding hydrogens is 394 g/mol. The standard InChI is InChI=1S/C24H27N3O4/c1-4-19-15-23(29)27(24(26-19)18-8-6-5-7-9-18)16-22(28)25-13-12-17-10-11-20(30-2)21(14-17)31-3/h5-11,14-15H,4,12-13,16H2,1-3H3,(H,25,28). The lowest BCUT2D eigenvalue weighted by atomic mass is 10.1. The van der Waals surface area contributed by atoms with Gasteiger partial charge in [0.1, 0.15) is 12.4 Å². The van der Waals surface area contributed by atoms with Crippen molar-refractivity contribution in [3.05, 3.63) is 76.2 Å². The van der Waals surface area contributed by atoms with Crippen molar-refractivity contribution in [2.24, 2.45) is 0 Å². The highest BCUT2D eigenvalue weighted by Crippen LogP contribution is 2.27. The zero-order valence-electron chi connectivity index (χ0n) is 18.1. The van der Waals surface area contributed by atoms with Crippen LogP contribution in [0.3, 0.4) is 0 Å². The Labute approximate surface area is 181 Å². The topological polar surface area (TPSA) is 82.5 Å². The zero-order valence-corrected chi connectivity index (χ0v) is 18.1. The third-order valence-corrected chi connectivity index (χ3v) is 4.94. The summed E-state index contributed by atoms with van der Waals surface area (Å²) in [6.45, 7) is 2.29. The van der Waals surface area contributed by atoms with E-state index in [1.807, 2.05) is 55.5 Å². The van der Waals surface area contributed by atoms with Gasteiger partial charge in [-0.15, -0.1) is 0 Å². The minimum Gasteiger partial charge on any atom is -0.493 e. The van der Waals surface area contributed by atoms with Crippen molar-refractivity contribution < 1.29 is 14.3 Å². The number of ether oxygens (including phenoxy) is 2. The summed E-state index contributed by atoms with van der Waals surface area (Å²) in [5, 5.41) is 2.88. The highest BCUT2D eigenvalue weighted by atomic mass is 16.5. The van der Waals surface area contributed by atoms with Crippen molar-refractivity contribution in [2.45, 2.75) is 26.3 Å². The number of carbonyl (C=O) groups is 1. The number of hydrogen-bond donors (Lipinski definition) is 1. The van der Waals surface area contributed by atoms with Crippen LogP contribution < -0.4 is 20.3 Å². The first-order valence-corrected chi connectivity index (χ1v) is 10.2. The number of aryl methyl sites for hydroxylation is 1. The van der Waals surface area contributed by atoms with Gasteiger partial charge in [-0.2, -0.15) is 0 Å². The van der Waals surface area contributed by atoms with Crippen LogP contribution >= 0.6 is 0 Å². The van der Waals surface area contributed by atoms with Gasteiger partial charge in [0.15, 0.2) is 11.5 Å². The van der Waals surface area contributed by atoms with Gasteiger partial charge in [-0.25, -0.2) is 4.98 Å². The zero-order chi connectivity index (χ0) is 22.2. The summed E-state index contributed by atoms with van der Waals surface area (Å²) < 4.78 is 12.0. The molecule has 0 spiro atoms. The van der Waals surface area contributed by atoms with Gasteiger partial charge >= 0.3 is 0 Å². The molecule has 1 heterocycles. The van der Waals surface area contributed by atoms with Crippen LogP contribution in [0.4, 0.5) is 0 Å². The maximum atomic E-state index is 12.7. The lowest BCUT2D eigenvalue weighted by Gasteiger charge is -2.14. The van der Waals surface area contributed by atoms with Crippen LogP contribution in [0, 0.1) is 0 Å². The van der Waals surface area contributed by atoms with Gasteiger partial charge in [-0.3, -0.25) is 14.2 Å². The number of rotatable bonds is 9. The highest BCUT2D eigenvalue weighted by molar-refractivity contribution is 5.76. The number of aromatic nitrogens is 2. The van der Waals surface area contributed by atoms with E-state index in [0.717, 1.165) is 11.1 Å². The molecule has 1 N–H and O–H groups in total. The van der Waals surface area contributed by atoms with Gasteiger partial charge in [0.25, 0.3) is 5.56 Å². The third-order valence-electron chi connectivity index (χ3n) is 4.94. The summed E-state index contributed by atoms with van der Waals surface area (Å²) in [4.78, 5) is 29.8. The van der Waals surface area contributed by atoms with E-state index >= 15 is 0 Å². The average Bonchev–Trinajstić information content (AvgIpc) is 2.80. The van der Waals surface area contributed by atoms with Crippen LogP contribution in [0.25, 0.3) is 11.4 Å². The minimum atomic E-state index is -0.245. The molecule has 0 aliphatic heterocycles. The number of carbonyl (C=O) groups excluding carboxylic acids is 1. The Hall–Kier alpha value is -3.61. The van der Waals surface area contributed by atoms with E-state index in [0.29, 0.717) is 42.4 Å². The molecule has 2 aromatic carbocycles. The van der Waals surface area contributed by atoms with Gasteiger partial charge in [0, 0.05) is 23.9 Å². The van der Waals surface area contributed by atoms with Crippen molar-refractivity contribution >= 4 is 5.91 Å². The molecule has 31 heavy (non-hydrogen) atoms. The number of nitrogens with one attached hydrogen (secondary N) is 1. The Morgan fingerprint density at radius 3 is 2.45 bits per heavy atom. The normalized spacial score (nSPS) is 10.5. The molecule has 0 fully saturated rings. The van der Waals surface area contributed by atoms with Gasteiger partial charge < -0.3 is 14.8 Å². The van der Waals surface area contributed by atoms with Crippen LogP contribution in [0.2, 0.25) is 0 Å². The maximum Gasteiger partial charge on any atom is 0.254 e. The molecule has 7 nitrogen and oxygen atoms in total. The van der Waals surface area contributed by atoms with Crippen molar-refractivity contribution in [2.75, 3.05) is 20.8 Å². The fraction of sp³-hybridized carbons (Fsp3) is 0.292. The van der Waals surface area contributed by atoms with Gasteiger partial charge in [-0.1, -0.05) is 43.3 Å². The first-order valence-electron chi connectivity index (χ1n) is 10.2. The monoisotopic (exact) mass is 421 g/mol. The second-order valence-electron chi connectivity index (χ2n) is 7.00. The number of methoxy groups -OCH3 is 2. The van der Waals surface area contributed by atoms with Crippen LogP contribution in [0.5, 0.6) is 11.5 Å². The highest BCUT2D eigenvalue weighted by Gasteiger charge is 2.13. The van der Waals surface area contributed by atoms with Gasteiger partial charge in [-0.05, 0) is 30.5 Å². The molecule has 162 valence electrons. The van der Waals surface area contributed by atoms with E-state index < -0.39 is 0 Å². The van der Waals surface area contributed by atoms with E-state index in [4.69, 9.17) is 9.47 Å². The number of amides is 1. The molecule has 3 aromatic rings. The first-order chi connectivity index (χ1) is 15.0. The lowest BCUT2D eigenvalue weighted by Crippen LogP contribution is -2.34. The van der Waals surface area contributed by atoms with Crippen molar-refractivity contribution in [3.8, 4) is 22.9 Å². The number of hydrogen-bond acceptors (Lipinski definition) is 5. The fourth-order valence-corrected chi connectivity index (χ4v) is 3.28. The molecule has 0 aliphatic rings. The summed E-state index contributed by atoms with van der Waals surface area (Å²) >= 11 is 0. The molecular formula is C24H27N3O4. The van der Waals surface area contributed by atoms with Crippen LogP contribution in [-0.4, -0.2) is 36.2 Å². The van der Waals surface area contributed by atoms with Crippen molar-refractivity contribution in [1.82, 2.24) is 14.9 Å². The fourth-order valence-electron chi connectivity index (χ4n) is 3.28. The van der Waals surface area contributed by atoms with Gasteiger partial charge in [0.2, 0.25) is 5.91 Å². The summed E-state index contributed by atoms with van der Waals surface area (Å²) in [6.07, 6.45) is 1.27. The number of nitrogens with zero attached hydrogens (tertiary/aromatic N) is 2. The molecule has 0 saturated heterocycles. The minimum absolute atomic E-state index is 0.0913. The molecule has 0 radical (unpaired) electrons. The molecule has 0 saturated carbocycles. The van der Waals surface area contributed by atoms with E-state index in [2.05, 4.69) is 10.3 Å². The lowest BCUT2D eigenvalue weighted by molar-refractivity contribution is -0.121. The van der Waals surface area contributed by atoms with E-state index in [1.165, 1.54) is 10.6 Å². The molecule has 0 unspecified atom stereocenters. The SMILES string of the molecule is CCc1cc(=O)n(CC(=O)NCCc2ccc(OC)c(OC)c2)c(-c2ccccc2)n1. The second-order valence-corrected chi connectivity index (χ2v) is 7.00. The van der Waals surface area contributed by atoms with E-state index in [9.17, 15) is 9.59 Å². The number of benzene rings is 2. The van der Waals surface area contributed by atoms with Crippen molar-refractivity contribution in [3.63, 3.8) is 0 Å². The first kappa shape index (κ1) is 22.1. The third kappa shape index (κ3) is 5.51. The molecule has 0 aliphatic carbocycles. The van der Waals surface area contributed by atoms with Crippen LogP contribution in [-0.2, 0) is 24.2 Å². The second kappa shape index (κ2) is 10.4. The predicted molar refractivity (Wildman–Crippen MR) is 120 cm³/mol. The predicted octanol–water partition coefficient (Wildman–Crippen LogP) is 2.85. The van der Waals surface area contributed by atoms with Crippen LogP contribution in [0.15, 0.2) is 59.4 Å². The average molecular weight is 421 g/mol.